The lowest BCUT2D eigenvalue weighted by Gasteiger charge is -1.98. The maximum absolute atomic E-state index is 11.6. The minimum atomic E-state index is -0.390. The molecule has 1 aromatic heterocycles. The molecule has 0 amide bonds. The molecule has 0 spiro atoms. The van der Waals surface area contributed by atoms with Crippen molar-refractivity contribution in [2.75, 3.05) is 7.11 Å². The maximum Gasteiger partial charge on any atom is 0.340 e. The monoisotopic (exact) mass is 214 g/mol. The fraction of sp³-hybridized carbons (Fsp3) is 0.167. The van der Waals surface area contributed by atoms with E-state index in [9.17, 15) is 4.79 Å². The van der Waals surface area contributed by atoms with Crippen molar-refractivity contribution in [3.63, 3.8) is 0 Å². The predicted molar refractivity (Wildman–Crippen MR) is 59.1 cm³/mol. The van der Waals surface area contributed by atoms with E-state index in [1.807, 2.05) is 6.07 Å². The van der Waals surface area contributed by atoms with Crippen LogP contribution in [0.5, 0.6) is 0 Å². The van der Waals surface area contributed by atoms with Crippen LogP contribution in [0.2, 0.25) is 0 Å². The lowest BCUT2D eigenvalue weighted by Crippen LogP contribution is -2.02. The van der Waals surface area contributed by atoms with Gasteiger partial charge in [0.1, 0.15) is 0 Å². The van der Waals surface area contributed by atoms with E-state index in [-0.39, 0.29) is 5.97 Å². The second kappa shape index (κ2) is 3.70. The highest BCUT2D eigenvalue weighted by atomic mass is 16.5. The van der Waals surface area contributed by atoms with Crippen molar-refractivity contribution in [1.29, 1.82) is 5.26 Å². The molecule has 0 aliphatic heterocycles. The minimum absolute atomic E-state index is 0.390. The molecule has 2 aromatic rings. The number of carbonyl (C=O) groups is 1. The molecule has 2 rings (SSSR count). The normalized spacial score (nSPS) is 10.1. The standard InChI is InChI=1S/C12H10N2O2/c1-7-11(12(15)16-2)9-5-8(6-13)3-4-10(9)14-7/h3-5,14H,1-2H3. The highest BCUT2D eigenvalue weighted by molar-refractivity contribution is 6.05. The van der Waals surface area contributed by atoms with Gasteiger partial charge >= 0.3 is 5.97 Å². The molecule has 0 atom stereocenters. The van der Waals surface area contributed by atoms with Crippen molar-refractivity contribution in [2.24, 2.45) is 0 Å². The van der Waals surface area contributed by atoms with Crippen molar-refractivity contribution in [2.45, 2.75) is 6.92 Å². The molecule has 4 heteroatoms. The smallest absolute Gasteiger partial charge is 0.340 e. The highest BCUT2D eigenvalue weighted by Crippen LogP contribution is 2.23. The molecule has 0 saturated carbocycles. The number of aryl methyl sites for hydroxylation is 1. The second-order valence-corrected chi connectivity index (χ2v) is 3.49. The average molecular weight is 214 g/mol. The van der Waals surface area contributed by atoms with Gasteiger partial charge in [-0.05, 0) is 25.1 Å². The molecule has 0 bridgehead atoms. The van der Waals surface area contributed by atoms with Crippen LogP contribution < -0.4 is 0 Å². The first-order chi connectivity index (χ1) is 7.67. The number of fused-ring (bicyclic) bond motifs is 1. The first kappa shape index (κ1) is 10.2. The number of hydrogen-bond acceptors (Lipinski definition) is 3. The van der Waals surface area contributed by atoms with Crippen LogP contribution in [0.4, 0.5) is 0 Å². The summed E-state index contributed by atoms with van der Waals surface area (Å²) in [6, 6.07) is 7.22. The van der Waals surface area contributed by atoms with Gasteiger partial charge in [0.2, 0.25) is 0 Å². The molecular weight excluding hydrogens is 204 g/mol. The number of aromatic nitrogens is 1. The largest absolute Gasteiger partial charge is 0.465 e. The zero-order valence-corrected chi connectivity index (χ0v) is 9.00. The van der Waals surface area contributed by atoms with E-state index in [0.29, 0.717) is 11.1 Å². The first-order valence-electron chi connectivity index (χ1n) is 4.78. The number of H-pyrrole nitrogens is 1. The van der Waals surface area contributed by atoms with Crippen LogP contribution in [0.25, 0.3) is 10.9 Å². The fourth-order valence-corrected chi connectivity index (χ4v) is 1.76. The average Bonchev–Trinajstić information content (AvgIpc) is 2.63. The van der Waals surface area contributed by atoms with Crippen LogP contribution in [0.15, 0.2) is 18.2 Å². The summed E-state index contributed by atoms with van der Waals surface area (Å²) in [5.41, 5.74) is 2.60. The SMILES string of the molecule is COC(=O)c1c(C)[nH]c2ccc(C#N)cc12. The van der Waals surface area contributed by atoms with E-state index in [2.05, 4.69) is 4.98 Å². The van der Waals surface area contributed by atoms with Crippen LogP contribution in [0, 0.1) is 18.3 Å². The molecule has 0 saturated heterocycles. The second-order valence-electron chi connectivity index (χ2n) is 3.49. The maximum atomic E-state index is 11.6. The number of nitrogens with zero attached hydrogens (tertiary/aromatic N) is 1. The Morgan fingerprint density at radius 1 is 1.50 bits per heavy atom. The van der Waals surface area contributed by atoms with Gasteiger partial charge < -0.3 is 9.72 Å². The number of nitrogens with one attached hydrogen (secondary N) is 1. The summed E-state index contributed by atoms with van der Waals surface area (Å²) >= 11 is 0. The van der Waals surface area contributed by atoms with Crippen LogP contribution in [0.3, 0.4) is 0 Å². The molecular formula is C12H10N2O2. The van der Waals surface area contributed by atoms with Crippen LogP contribution in [0.1, 0.15) is 21.6 Å². The third kappa shape index (κ3) is 1.43. The molecule has 0 aliphatic rings. The topological polar surface area (TPSA) is 65.9 Å². The number of benzene rings is 1. The van der Waals surface area contributed by atoms with Crippen molar-refractivity contribution in [1.82, 2.24) is 4.98 Å². The Labute approximate surface area is 92.4 Å². The third-order valence-electron chi connectivity index (χ3n) is 2.50. The Morgan fingerprint density at radius 2 is 2.25 bits per heavy atom. The number of methoxy groups -OCH3 is 1. The minimum Gasteiger partial charge on any atom is -0.465 e. The van der Waals surface area contributed by atoms with Crippen LogP contribution in [-0.2, 0) is 4.74 Å². The van der Waals surface area contributed by atoms with Crippen molar-refractivity contribution < 1.29 is 9.53 Å². The van der Waals surface area contributed by atoms with Gasteiger partial charge in [-0.25, -0.2) is 4.79 Å². The van der Waals surface area contributed by atoms with Gasteiger partial charge in [-0.15, -0.1) is 0 Å². The number of esters is 1. The first-order valence-corrected chi connectivity index (χ1v) is 4.78. The molecule has 4 nitrogen and oxygen atoms in total. The van der Waals surface area contributed by atoms with Crippen molar-refractivity contribution in [3.8, 4) is 6.07 Å². The van der Waals surface area contributed by atoms with Gasteiger partial charge in [-0.2, -0.15) is 5.26 Å². The van der Waals surface area contributed by atoms with E-state index >= 15 is 0 Å². The molecule has 80 valence electrons. The predicted octanol–water partition coefficient (Wildman–Crippen LogP) is 2.13. The molecule has 0 unspecified atom stereocenters. The van der Waals surface area contributed by atoms with E-state index in [0.717, 1.165) is 16.6 Å². The van der Waals surface area contributed by atoms with Crippen molar-refractivity contribution >= 4 is 16.9 Å². The zero-order valence-electron chi connectivity index (χ0n) is 9.00. The van der Waals surface area contributed by atoms with E-state index in [1.165, 1.54) is 7.11 Å². The summed E-state index contributed by atoms with van der Waals surface area (Å²) in [4.78, 5) is 14.7. The molecule has 0 radical (unpaired) electrons. The summed E-state index contributed by atoms with van der Waals surface area (Å²) < 4.78 is 4.72. The Kier molecular flexibility index (Phi) is 2.37. The van der Waals surface area contributed by atoms with E-state index in [4.69, 9.17) is 10.00 Å². The number of carbonyl (C=O) groups excluding carboxylic acids is 1. The lowest BCUT2D eigenvalue weighted by molar-refractivity contribution is 0.0602. The van der Waals surface area contributed by atoms with Crippen LogP contribution in [-0.4, -0.2) is 18.1 Å². The Balaban J connectivity index is 2.77. The van der Waals surface area contributed by atoms with Gasteiger partial charge in [0.15, 0.2) is 0 Å². The molecule has 1 heterocycles. The summed E-state index contributed by atoms with van der Waals surface area (Å²) in [6.45, 7) is 1.80. The molecule has 1 aromatic carbocycles. The molecule has 0 aliphatic carbocycles. The fourth-order valence-electron chi connectivity index (χ4n) is 1.76. The quantitative estimate of drug-likeness (QED) is 0.739. The Morgan fingerprint density at radius 3 is 2.88 bits per heavy atom. The third-order valence-corrected chi connectivity index (χ3v) is 2.50. The number of hydrogen-bond donors (Lipinski definition) is 1. The van der Waals surface area contributed by atoms with Crippen LogP contribution >= 0.6 is 0 Å². The van der Waals surface area contributed by atoms with E-state index < -0.39 is 0 Å². The zero-order chi connectivity index (χ0) is 11.7. The summed E-state index contributed by atoms with van der Waals surface area (Å²) in [7, 11) is 1.34. The van der Waals surface area contributed by atoms with Gasteiger partial charge in [-0.3, -0.25) is 0 Å². The number of rotatable bonds is 1. The molecule has 16 heavy (non-hydrogen) atoms. The van der Waals surface area contributed by atoms with Gasteiger partial charge in [0.05, 0.1) is 24.3 Å². The number of aromatic amines is 1. The van der Waals surface area contributed by atoms with Crippen molar-refractivity contribution in [3.05, 3.63) is 35.0 Å². The van der Waals surface area contributed by atoms with Gasteiger partial charge in [-0.1, -0.05) is 0 Å². The molecule has 1 N–H and O–H groups in total. The summed E-state index contributed by atoms with van der Waals surface area (Å²) in [5.74, 6) is -0.390. The summed E-state index contributed by atoms with van der Waals surface area (Å²) in [5, 5.41) is 9.54. The van der Waals surface area contributed by atoms with Gasteiger partial charge in [0, 0.05) is 16.6 Å². The number of nitriles is 1. The van der Waals surface area contributed by atoms with E-state index in [1.54, 1.807) is 25.1 Å². The van der Waals surface area contributed by atoms with Gasteiger partial charge in [0.25, 0.3) is 0 Å². The highest BCUT2D eigenvalue weighted by Gasteiger charge is 2.16. The Bertz CT molecular complexity index is 605. The number of ether oxygens (including phenoxy) is 1. The molecule has 0 fully saturated rings. The summed E-state index contributed by atoms with van der Waals surface area (Å²) in [6.07, 6.45) is 0. The Hall–Kier alpha value is -2.28. The lowest BCUT2D eigenvalue weighted by atomic mass is 10.1.